The molecule has 1 N–H and O–H groups in total. The van der Waals surface area contributed by atoms with E-state index < -0.39 is 6.10 Å². The molecule has 0 radical (unpaired) electrons. The van der Waals surface area contributed by atoms with E-state index in [9.17, 15) is 9.50 Å². The first-order valence-corrected chi connectivity index (χ1v) is 6.52. The summed E-state index contributed by atoms with van der Waals surface area (Å²) >= 11 is 3.29. The Balaban J connectivity index is 2.25. The molecular formula is C14H13BrFNO2. The number of hydrogen-bond acceptors (Lipinski definition) is 3. The Bertz CT molecular complexity index is 577. The number of pyridine rings is 1. The number of nitrogens with zero attached hydrogens (tertiary/aromatic N) is 1. The van der Waals surface area contributed by atoms with Gasteiger partial charge in [0.05, 0.1) is 13.2 Å². The van der Waals surface area contributed by atoms with Gasteiger partial charge in [0.1, 0.15) is 5.82 Å². The molecule has 5 heteroatoms. The average molecular weight is 326 g/mol. The van der Waals surface area contributed by atoms with E-state index in [1.165, 1.54) is 13.2 Å². The molecule has 1 aromatic carbocycles. The van der Waals surface area contributed by atoms with Crippen LogP contribution in [0.5, 0.6) is 5.88 Å². The number of rotatable bonds is 4. The minimum Gasteiger partial charge on any atom is -0.481 e. The van der Waals surface area contributed by atoms with E-state index in [1.807, 2.05) is 0 Å². The molecule has 1 heterocycles. The maximum Gasteiger partial charge on any atom is 0.218 e. The van der Waals surface area contributed by atoms with Gasteiger partial charge in [0, 0.05) is 22.7 Å². The molecule has 0 bridgehead atoms. The molecule has 19 heavy (non-hydrogen) atoms. The van der Waals surface area contributed by atoms with Crippen molar-refractivity contribution in [2.75, 3.05) is 7.11 Å². The van der Waals surface area contributed by atoms with Crippen molar-refractivity contribution in [3.63, 3.8) is 0 Å². The molecule has 1 unspecified atom stereocenters. The van der Waals surface area contributed by atoms with Crippen LogP contribution in [0.15, 0.2) is 41.0 Å². The third-order valence-electron chi connectivity index (χ3n) is 2.77. The minimum absolute atomic E-state index is 0.160. The molecule has 0 fully saturated rings. The van der Waals surface area contributed by atoms with Gasteiger partial charge in [0.2, 0.25) is 5.88 Å². The fraction of sp³-hybridized carbons (Fsp3) is 0.214. The van der Waals surface area contributed by atoms with Gasteiger partial charge in [-0.15, -0.1) is 0 Å². The smallest absolute Gasteiger partial charge is 0.218 e. The van der Waals surface area contributed by atoms with E-state index >= 15 is 0 Å². The van der Waals surface area contributed by atoms with Crippen molar-refractivity contribution >= 4 is 15.9 Å². The lowest BCUT2D eigenvalue weighted by molar-refractivity contribution is 0.171. The maximum atomic E-state index is 13.6. The lowest BCUT2D eigenvalue weighted by Crippen LogP contribution is -2.06. The molecule has 0 amide bonds. The summed E-state index contributed by atoms with van der Waals surface area (Å²) in [7, 11) is 1.48. The molecule has 0 aliphatic heterocycles. The summed E-state index contributed by atoms with van der Waals surface area (Å²) in [6.45, 7) is 0. The summed E-state index contributed by atoms with van der Waals surface area (Å²) in [5.74, 6) is 0.00973. The zero-order valence-electron chi connectivity index (χ0n) is 10.3. The van der Waals surface area contributed by atoms with E-state index in [4.69, 9.17) is 4.74 Å². The fourth-order valence-electron chi connectivity index (χ4n) is 1.85. The Kier molecular flexibility index (Phi) is 4.50. The van der Waals surface area contributed by atoms with Crippen LogP contribution in [0.3, 0.4) is 0 Å². The van der Waals surface area contributed by atoms with Crippen molar-refractivity contribution in [3.05, 3.63) is 57.9 Å². The van der Waals surface area contributed by atoms with Gasteiger partial charge in [0.15, 0.2) is 0 Å². The van der Waals surface area contributed by atoms with Gasteiger partial charge in [-0.1, -0.05) is 15.9 Å². The Morgan fingerprint density at radius 2 is 2.21 bits per heavy atom. The van der Waals surface area contributed by atoms with Crippen LogP contribution in [0, 0.1) is 5.82 Å². The molecule has 100 valence electrons. The zero-order valence-corrected chi connectivity index (χ0v) is 11.9. The highest BCUT2D eigenvalue weighted by atomic mass is 79.9. The summed E-state index contributed by atoms with van der Waals surface area (Å²) in [6, 6.07) is 8.06. The number of methoxy groups -OCH3 is 1. The monoisotopic (exact) mass is 325 g/mol. The van der Waals surface area contributed by atoms with Crippen molar-refractivity contribution < 1.29 is 14.2 Å². The lowest BCUT2D eigenvalue weighted by Gasteiger charge is -2.14. The lowest BCUT2D eigenvalue weighted by atomic mass is 10.0. The molecule has 0 saturated carbocycles. The van der Waals surface area contributed by atoms with Crippen LogP contribution in [0.25, 0.3) is 0 Å². The van der Waals surface area contributed by atoms with E-state index in [-0.39, 0.29) is 12.2 Å². The standard InChI is InChI=1S/C14H13BrFNO2/c1-19-14-11(3-2-6-17-14)13(18)8-9-7-10(15)4-5-12(9)16/h2-7,13,18H,8H2,1H3. The zero-order chi connectivity index (χ0) is 13.8. The third kappa shape index (κ3) is 3.30. The van der Waals surface area contributed by atoms with Crippen LogP contribution in [0.2, 0.25) is 0 Å². The van der Waals surface area contributed by atoms with E-state index in [0.717, 1.165) is 4.47 Å². The second-order valence-electron chi connectivity index (χ2n) is 4.06. The first kappa shape index (κ1) is 14.0. The van der Waals surface area contributed by atoms with Crippen LogP contribution >= 0.6 is 15.9 Å². The molecule has 0 aliphatic carbocycles. The third-order valence-corrected chi connectivity index (χ3v) is 3.27. The molecule has 0 spiro atoms. The SMILES string of the molecule is COc1ncccc1C(O)Cc1cc(Br)ccc1F. The maximum absolute atomic E-state index is 13.6. The van der Waals surface area contributed by atoms with Crippen molar-refractivity contribution in [2.45, 2.75) is 12.5 Å². The van der Waals surface area contributed by atoms with E-state index in [0.29, 0.717) is 17.0 Å². The van der Waals surface area contributed by atoms with Gasteiger partial charge in [-0.2, -0.15) is 0 Å². The Morgan fingerprint density at radius 1 is 1.42 bits per heavy atom. The van der Waals surface area contributed by atoms with Crippen LogP contribution in [0.4, 0.5) is 4.39 Å². The molecule has 1 atom stereocenters. The van der Waals surface area contributed by atoms with Crippen LogP contribution in [-0.4, -0.2) is 17.2 Å². The van der Waals surface area contributed by atoms with Crippen molar-refractivity contribution in [1.29, 1.82) is 0 Å². The van der Waals surface area contributed by atoms with Crippen LogP contribution in [-0.2, 0) is 6.42 Å². The van der Waals surface area contributed by atoms with Crippen molar-refractivity contribution in [2.24, 2.45) is 0 Å². The van der Waals surface area contributed by atoms with Crippen LogP contribution < -0.4 is 4.74 Å². The quantitative estimate of drug-likeness (QED) is 0.938. The number of halogens is 2. The first-order chi connectivity index (χ1) is 9.11. The largest absolute Gasteiger partial charge is 0.481 e. The Labute approximate surface area is 119 Å². The summed E-state index contributed by atoms with van der Waals surface area (Å²) in [4.78, 5) is 4.01. The minimum atomic E-state index is -0.868. The number of aliphatic hydroxyl groups excluding tert-OH is 1. The first-order valence-electron chi connectivity index (χ1n) is 5.72. The van der Waals surface area contributed by atoms with E-state index in [1.54, 1.807) is 30.5 Å². The molecule has 0 saturated heterocycles. The summed E-state index contributed by atoms with van der Waals surface area (Å²) in [5, 5.41) is 10.2. The highest BCUT2D eigenvalue weighted by Crippen LogP contribution is 2.27. The van der Waals surface area contributed by atoms with Gasteiger partial charge in [-0.05, 0) is 35.9 Å². The van der Waals surface area contributed by atoms with Gasteiger partial charge in [-0.25, -0.2) is 9.37 Å². The number of hydrogen-bond donors (Lipinski definition) is 1. The van der Waals surface area contributed by atoms with Gasteiger partial charge < -0.3 is 9.84 Å². The second kappa shape index (κ2) is 6.12. The second-order valence-corrected chi connectivity index (χ2v) is 4.97. The number of benzene rings is 1. The summed E-state index contributed by atoms with van der Waals surface area (Å²) < 4.78 is 19.5. The number of aromatic nitrogens is 1. The van der Waals surface area contributed by atoms with Crippen molar-refractivity contribution in [1.82, 2.24) is 4.98 Å². The number of aliphatic hydroxyl groups is 1. The topological polar surface area (TPSA) is 42.4 Å². The molecule has 0 aliphatic rings. The molecule has 3 nitrogen and oxygen atoms in total. The molecule has 2 aromatic rings. The summed E-state index contributed by atoms with van der Waals surface area (Å²) in [5.41, 5.74) is 0.983. The Morgan fingerprint density at radius 3 is 2.95 bits per heavy atom. The molecule has 2 rings (SSSR count). The predicted octanol–water partition coefficient (Wildman–Crippen LogP) is 3.27. The predicted molar refractivity (Wildman–Crippen MR) is 73.6 cm³/mol. The molecular weight excluding hydrogens is 313 g/mol. The summed E-state index contributed by atoms with van der Waals surface area (Å²) in [6.07, 6.45) is 0.870. The van der Waals surface area contributed by atoms with Crippen LogP contribution in [0.1, 0.15) is 17.2 Å². The van der Waals surface area contributed by atoms with Gasteiger partial charge >= 0.3 is 0 Å². The Hall–Kier alpha value is -1.46. The highest BCUT2D eigenvalue weighted by Gasteiger charge is 2.16. The van der Waals surface area contributed by atoms with E-state index in [2.05, 4.69) is 20.9 Å². The average Bonchev–Trinajstić information content (AvgIpc) is 2.42. The fourth-order valence-corrected chi connectivity index (χ4v) is 2.25. The normalized spacial score (nSPS) is 12.2. The highest BCUT2D eigenvalue weighted by molar-refractivity contribution is 9.10. The number of ether oxygens (including phenoxy) is 1. The van der Waals surface area contributed by atoms with Gasteiger partial charge in [-0.3, -0.25) is 0 Å². The van der Waals surface area contributed by atoms with Gasteiger partial charge in [0.25, 0.3) is 0 Å². The van der Waals surface area contributed by atoms with Crippen molar-refractivity contribution in [3.8, 4) is 5.88 Å². The molecule has 1 aromatic heterocycles.